The molecule has 0 spiro atoms. The van der Waals surface area contributed by atoms with Crippen molar-refractivity contribution in [3.8, 4) is 0 Å². The van der Waals surface area contributed by atoms with Crippen molar-refractivity contribution >= 4 is 31.1 Å². The van der Waals surface area contributed by atoms with Gasteiger partial charge in [-0.25, -0.2) is 0 Å². The molecule has 0 unspecified atom stereocenters. The summed E-state index contributed by atoms with van der Waals surface area (Å²) in [7, 11) is -5.14. The lowest BCUT2D eigenvalue weighted by atomic mass is 10.1. The van der Waals surface area contributed by atoms with Crippen molar-refractivity contribution in [2.45, 2.75) is 6.54 Å². The quantitative estimate of drug-likeness (QED) is 0.555. The van der Waals surface area contributed by atoms with Crippen LogP contribution in [0.15, 0.2) is 30.5 Å². The maximum absolute atomic E-state index is 9.19. The lowest BCUT2D eigenvalue weighted by Gasteiger charge is -2.32. The Morgan fingerprint density at radius 2 is 1.43 bits per heavy atom. The number of aromatic amines is 1. The summed E-state index contributed by atoms with van der Waals surface area (Å²) in [5.74, 6) is 0. The van der Waals surface area contributed by atoms with Gasteiger partial charge in [-0.05, 0) is 18.7 Å². The van der Waals surface area contributed by atoms with Crippen molar-refractivity contribution in [3.05, 3.63) is 36.0 Å². The average Bonchev–Trinajstić information content (AvgIpc) is 2.90. The minimum Gasteiger partial charge on any atom is -0.412 e. The van der Waals surface area contributed by atoms with Crippen molar-refractivity contribution in [1.82, 2.24) is 14.8 Å². The molecule has 0 aliphatic carbocycles. The third-order valence-electron chi connectivity index (χ3n) is 3.66. The molecule has 28 heavy (non-hydrogen) atoms. The van der Waals surface area contributed by atoms with E-state index in [0.29, 0.717) is 12.5 Å². The maximum atomic E-state index is 9.19. The lowest BCUT2D eigenvalue weighted by Crippen LogP contribution is -2.43. The fraction of sp³-hybridized carbons (Fsp3) is 0.500. The lowest BCUT2D eigenvalue weighted by molar-refractivity contribution is 0.148. The van der Waals surface area contributed by atoms with Gasteiger partial charge in [0, 0.05) is 49.8 Å². The van der Waals surface area contributed by atoms with Crippen LogP contribution in [0.25, 0.3) is 10.9 Å². The molecule has 0 atom stereocenters. The van der Waals surface area contributed by atoms with E-state index in [1.54, 1.807) is 0 Å². The van der Waals surface area contributed by atoms with Gasteiger partial charge in [0.05, 0.1) is 12.5 Å². The molecule has 0 radical (unpaired) electrons. The monoisotopic (exact) mass is 439 g/mol. The third-order valence-corrected chi connectivity index (χ3v) is 3.66. The molecule has 1 aromatic heterocycles. The van der Waals surface area contributed by atoms with Crippen LogP contribution in [-0.4, -0.2) is 91.9 Å². The average molecular weight is 440 g/mol. The Kier molecular flexibility index (Phi) is 10.8. The molecule has 1 aliphatic heterocycles. The number of rotatable bonds is 2. The van der Waals surface area contributed by atoms with E-state index in [4.69, 9.17) is 9.11 Å². The van der Waals surface area contributed by atoms with Gasteiger partial charge in [0.1, 0.15) is 0 Å². The summed E-state index contributed by atoms with van der Waals surface area (Å²) >= 11 is 0. The zero-order valence-electron chi connectivity index (χ0n) is 16.2. The SMILES string of the molecule is CN1CCN(Cc2c[nH]c3ccccc23)CC1.CS(=O)(=O)O.CS(=O)(=O)O.O. The van der Waals surface area contributed by atoms with E-state index in [1.165, 1.54) is 42.6 Å². The largest absolute Gasteiger partial charge is 0.412 e. The first-order valence-electron chi connectivity index (χ1n) is 8.13. The smallest absolute Gasteiger partial charge is 0.261 e. The van der Waals surface area contributed by atoms with Crippen molar-refractivity contribution in [2.24, 2.45) is 0 Å². The molecule has 2 aromatic rings. The van der Waals surface area contributed by atoms with Gasteiger partial charge in [-0.15, -0.1) is 0 Å². The Morgan fingerprint density at radius 3 is 1.93 bits per heavy atom. The number of fused-ring (bicyclic) bond motifs is 1. The topological polar surface area (TPSA) is 163 Å². The Labute approximate surface area is 166 Å². The molecule has 1 aromatic carbocycles. The fourth-order valence-corrected chi connectivity index (χ4v) is 2.51. The van der Waals surface area contributed by atoms with E-state index in [1.807, 2.05) is 0 Å². The van der Waals surface area contributed by atoms with Crippen LogP contribution in [0.5, 0.6) is 0 Å². The predicted octanol–water partition coefficient (Wildman–Crippen LogP) is 0.0986. The molecular formula is C16H29N3O7S2. The summed E-state index contributed by atoms with van der Waals surface area (Å²) in [5, 5.41) is 1.37. The zero-order chi connectivity index (χ0) is 20.7. The van der Waals surface area contributed by atoms with Crippen LogP contribution in [-0.2, 0) is 26.8 Å². The number of aromatic nitrogens is 1. The molecule has 5 N–H and O–H groups in total. The highest BCUT2D eigenvalue weighted by atomic mass is 32.2. The molecular weight excluding hydrogens is 410 g/mol. The van der Waals surface area contributed by atoms with Crippen LogP contribution in [0.3, 0.4) is 0 Å². The number of para-hydroxylation sites is 1. The molecule has 0 amide bonds. The van der Waals surface area contributed by atoms with Gasteiger partial charge in [0.25, 0.3) is 20.2 Å². The van der Waals surface area contributed by atoms with Gasteiger partial charge in [0.15, 0.2) is 0 Å². The number of hydrogen-bond acceptors (Lipinski definition) is 6. The van der Waals surface area contributed by atoms with Crippen LogP contribution in [0.1, 0.15) is 5.56 Å². The first kappa shape index (κ1) is 26.5. The summed E-state index contributed by atoms with van der Waals surface area (Å²) in [6, 6.07) is 8.54. The Morgan fingerprint density at radius 1 is 0.964 bits per heavy atom. The van der Waals surface area contributed by atoms with Gasteiger partial charge in [-0.2, -0.15) is 16.8 Å². The van der Waals surface area contributed by atoms with Crippen molar-refractivity contribution in [2.75, 3.05) is 45.7 Å². The van der Waals surface area contributed by atoms with Crippen LogP contribution >= 0.6 is 0 Å². The van der Waals surface area contributed by atoms with Crippen molar-refractivity contribution in [3.63, 3.8) is 0 Å². The second-order valence-corrected chi connectivity index (χ2v) is 9.34. The van der Waals surface area contributed by atoms with Crippen LogP contribution in [0.4, 0.5) is 0 Å². The summed E-state index contributed by atoms with van der Waals surface area (Å²) < 4.78 is 51.7. The van der Waals surface area contributed by atoms with E-state index in [0.717, 1.165) is 6.54 Å². The van der Waals surface area contributed by atoms with Crippen LogP contribution < -0.4 is 0 Å². The Bertz CT molecular complexity index is 873. The normalized spacial score (nSPS) is 15.6. The highest BCUT2D eigenvalue weighted by Crippen LogP contribution is 2.19. The number of benzene rings is 1. The fourth-order valence-electron chi connectivity index (χ4n) is 2.51. The molecule has 12 heteroatoms. The number of H-pyrrole nitrogens is 1. The molecule has 162 valence electrons. The molecule has 1 aliphatic rings. The number of nitrogens with one attached hydrogen (secondary N) is 1. The molecule has 3 rings (SSSR count). The van der Waals surface area contributed by atoms with E-state index >= 15 is 0 Å². The van der Waals surface area contributed by atoms with E-state index < -0.39 is 20.2 Å². The van der Waals surface area contributed by atoms with Gasteiger partial charge >= 0.3 is 0 Å². The minimum atomic E-state index is -3.67. The molecule has 0 saturated carbocycles. The number of likely N-dealkylation sites (N-methyl/N-ethyl adjacent to an activating group) is 1. The van der Waals surface area contributed by atoms with Crippen molar-refractivity contribution in [1.29, 1.82) is 0 Å². The molecule has 1 fully saturated rings. The van der Waals surface area contributed by atoms with E-state index in [9.17, 15) is 16.8 Å². The standard InChI is InChI=1S/C14H19N3.2CH4O3S.H2O/c1-16-6-8-17(9-7-16)11-12-10-15-14-5-3-2-4-13(12)14;2*1-5(2,3)4;/h2-5,10,15H,6-9,11H2,1H3;2*1H3,(H,2,3,4);1H2. The molecule has 10 nitrogen and oxygen atoms in total. The molecule has 0 bridgehead atoms. The highest BCUT2D eigenvalue weighted by molar-refractivity contribution is 7.85. The zero-order valence-corrected chi connectivity index (χ0v) is 17.8. The Balaban J connectivity index is 0.000000560. The summed E-state index contributed by atoms with van der Waals surface area (Å²) in [6.45, 7) is 5.79. The second kappa shape index (κ2) is 11.5. The first-order chi connectivity index (χ1) is 12.3. The van der Waals surface area contributed by atoms with Gasteiger partial charge < -0.3 is 15.4 Å². The minimum absolute atomic E-state index is 0. The second-order valence-electron chi connectivity index (χ2n) is 6.40. The van der Waals surface area contributed by atoms with Gasteiger partial charge in [-0.3, -0.25) is 14.0 Å². The summed E-state index contributed by atoms with van der Waals surface area (Å²) in [4.78, 5) is 8.28. The number of nitrogens with zero attached hydrogens (tertiary/aromatic N) is 2. The van der Waals surface area contributed by atoms with E-state index in [2.05, 4.69) is 52.3 Å². The Hall–Kier alpha value is -1.54. The highest BCUT2D eigenvalue weighted by Gasteiger charge is 2.15. The number of piperazine rings is 1. The van der Waals surface area contributed by atoms with Gasteiger partial charge in [-0.1, -0.05) is 18.2 Å². The molecule has 2 heterocycles. The van der Waals surface area contributed by atoms with Gasteiger partial charge in [0.2, 0.25) is 0 Å². The summed E-state index contributed by atoms with van der Waals surface area (Å²) in [6.07, 6.45) is 3.59. The predicted molar refractivity (Wildman–Crippen MR) is 110 cm³/mol. The number of hydrogen-bond donors (Lipinski definition) is 3. The van der Waals surface area contributed by atoms with E-state index in [-0.39, 0.29) is 5.48 Å². The third kappa shape index (κ3) is 12.8. The first-order valence-corrected chi connectivity index (χ1v) is 11.8. The summed E-state index contributed by atoms with van der Waals surface area (Å²) in [5.41, 5.74) is 2.67. The van der Waals surface area contributed by atoms with Crippen molar-refractivity contribution < 1.29 is 31.4 Å². The maximum Gasteiger partial charge on any atom is 0.261 e. The molecule has 1 saturated heterocycles. The van der Waals surface area contributed by atoms with Crippen LogP contribution in [0, 0.1) is 0 Å². The van der Waals surface area contributed by atoms with Crippen LogP contribution in [0.2, 0.25) is 0 Å².